The molecule has 0 aromatic heterocycles. The first-order valence-corrected chi connectivity index (χ1v) is 4.33. The molecule has 0 saturated carbocycles. The fourth-order valence-electron chi connectivity index (χ4n) is 1.36. The van der Waals surface area contributed by atoms with E-state index in [-0.39, 0.29) is 5.78 Å². The van der Waals surface area contributed by atoms with Gasteiger partial charge in [0.1, 0.15) is 7.85 Å². The molecule has 74 valence electrons. The van der Waals surface area contributed by atoms with Crippen LogP contribution in [0.4, 0.5) is 0 Å². The third-order valence-electron chi connectivity index (χ3n) is 2.07. The molecule has 0 heterocycles. The predicted octanol–water partition coefficient (Wildman–Crippen LogP) is 0.165. The number of ether oxygens (including phenoxy) is 2. The zero-order chi connectivity index (χ0) is 10.7. The summed E-state index contributed by atoms with van der Waals surface area (Å²) in [6.07, 6.45) is 0. The van der Waals surface area contributed by atoms with Gasteiger partial charge in [-0.05, 0) is 18.5 Å². The van der Waals surface area contributed by atoms with Crippen molar-refractivity contribution >= 4 is 19.1 Å². The van der Waals surface area contributed by atoms with Crippen molar-refractivity contribution in [3.63, 3.8) is 0 Å². The third-order valence-corrected chi connectivity index (χ3v) is 2.07. The lowest BCUT2D eigenvalue weighted by atomic mass is 9.91. The van der Waals surface area contributed by atoms with Crippen LogP contribution in [0.25, 0.3) is 0 Å². The zero-order valence-corrected chi connectivity index (χ0v) is 8.88. The topological polar surface area (TPSA) is 35.5 Å². The van der Waals surface area contributed by atoms with Crippen LogP contribution >= 0.6 is 0 Å². The zero-order valence-electron chi connectivity index (χ0n) is 8.88. The minimum absolute atomic E-state index is 0.0223. The number of carbonyl (C=O) groups is 1. The maximum Gasteiger partial charge on any atom is 0.160 e. The summed E-state index contributed by atoms with van der Waals surface area (Å²) in [4.78, 5) is 11.2. The van der Waals surface area contributed by atoms with Gasteiger partial charge in [-0.1, -0.05) is 6.07 Å². The summed E-state index contributed by atoms with van der Waals surface area (Å²) < 4.78 is 10.3. The first-order chi connectivity index (χ1) is 6.60. The Morgan fingerprint density at radius 1 is 1.29 bits per heavy atom. The van der Waals surface area contributed by atoms with Crippen LogP contribution in [0.5, 0.6) is 11.5 Å². The van der Waals surface area contributed by atoms with E-state index in [1.807, 2.05) is 7.85 Å². The largest absolute Gasteiger partial charge is 0.493 e. The highest BCUT2D eigenvalue weighted by atomic mass is 16.5. The average Bonchev–Trinajstić information content (AvgIpc) is 2.16. The van der Waals surface area contributed by atoms with Crippen LogP contribution in [0.1, 0.15) is 17.3 Å². The van der Waals surface area contributed by atoms with Crippen molar-refractivity contribution < 1.29 is 14.3 Å². The highest BCUT2D eigenvalue weighted by molar-refractivity contribution is 6.35. The van der Waals surface area contributed by atoms with Gasteiger partial charge in [0.05, 0.1) is 14.2 Å². The number of carbonyl (C=O) groups excluding carboxylic acids is 1. The lowest BCUT2D eigenvalue weighted by molar-refractivity contribution is 0.101. The molecule has 0 spiro atoms. The first kappa shape index (κ1) is 10.6. The Hall–Kier alpha value is -1.45. The molecule has 0 unspecified atom stereocenters. The Morgan fingerprint density at radius 2 is 1.93 bits per heavy atom. The van der Waals surface area contributed by atoms with Gasteiger partial charge in [0.2, 0.25) is 0 Å². The van der Waals surface area contributed by atoms with Crippen LogP contribution in [0, 0.1) is 0 Å². The maximum absolute atomic E-state index is 11.2. The molecule has 0 aliphatic carbocycles. The molecule has 0 saturated heterocycles. The van der Waals surface area contributed by atoms with Crippen LogP contribution in [-0.2, 0) is 0 Å². The first-order valence-electron chi connectivity index (χ1n) is 4.33. The normalized spacial score (nSPS) is 9.64. The van der Waals surface area contributed by atoms with Gasteiger partial charge in [-0.3, -0.25) is 4.79 Å². The lowest BCUT2D eigenvalue weighted by Crippen LogP contribution is -2.11. The second-order valence-electron chi connectivity index (χ2n) is 3.08. The summed E-state index contributed by atoms with van der Waals surface area (Å²) in [5.41, 5.74) is 1.54. The minimum Gasteiger partial charge on any atom is -0.493 e. The highest BCUT2D eigenvalue weighted by Crippen LogP contribution is 2.25. The Morgan fingerprint density at radius 3 is 2.36 bits per heavy atom. The van der Waals surface area contributed by atoms with Crippen molar-refractivity contribution in [1.82, 2.24) is 0 Å². The van der Waals surface area contributed by atoms with E-state index in [0.717, 1.165) is 5.46 Å². The summed E-state index contributed by atoms with van der Waals surface area (Å²) in [5, 5.41) is 0. The molecular formula is C10H13BO3. The summed E-state index contributed by atoms with van der Waals surface area (Å²) in [6, 6.07) is 3.48. The molecule has 0 N–H and O–H groups in total. The summed E-state index contributed by atoms with van der Waals surface area (Å²) >= 11 is 0. The van der Waals surface area contributed by atoms with Gasteiger partial charge >= 0.3 is 0 Å². The van der Waals surface area contributed by atoms with Gasteiger partial charge in [0.15, 0.2) is 17.3 Å². The second-order valence-corrected chi connectivity index (χ2v) is 3.08. The quantitative estimate of drug-likeness (QED) is 0.505. The smallest absolute Gasteiger partial charge is 0.160 e. The molecule has 0 fully saturated rings. The van der Waals surface area contributed by atoms with E-state index in [0.29, 0.717) is 17.1 Å². The number of methoxy groups -OCH3 is 2. The van der Waals surface area contributed by atoms with E-state index in [9.17, 15) is 4.79 Å². The van der Waals surface area contributed by atoms with E-state index in [1.54, 1.807) is 26.4 Å². The lowest BCUT2D eigenvalue weighted by Gasteiger charge is -2.11. The molecule has 0 atom stereocenters. The Bertz CT molecular complexity index is 361. The van der Waals surface area contributed by atoms with Crippen molar-refractivity contribution in [1.29, 1.82) is 0 Å². The van der Waals surface area contributed by atoms with Crippen molar-refractivity contribution in [2.45, 2.75) is 6.92 Å². The highest BCUT2D eigenvalue weighted by Gasteiger charge is 2.10. The number of hydrogen-bond donors (Lipinski definition) is 0. The Labute approximate surface area is 84.4 Å². The van der Waals surface area contributed by atoms with Crippen molar-refractivity contribution in [3.05, 3.63) is 17.7 Å². The van der Waals surface area contributed by atoms with Crippen LogP contribution in [0.3, 0.4) is 0 Å². The van der Waals surface area contributed by atoms with E-state index in [4.69, 9.17) is 9.47 Å². The number of ketones is 1. The Kier molecular flexibility index (Phi) is 3.17. The molecule has 1 aromatic rings. The van der Waals surface area contributed by atoms with Crippen LogP contribution in [-0.4, -0.2) is 27.8 Å². The standard InChI is InChI=1S/C10H13BO3/c1-6(12)7-4-8(11)10(14-3)9(5-7)13-2/h4-5H,11H2,1-3H3. The van der Waals surface area contributed by atoms with Gasteiger partial charge in [-0.15, -0.1) is 0 Å². The molecule has 4 heteroatoms. The average molecular weight is 192 g/mol. The van der Waals surface area contributed by atoms with Gasteiger partial charge in [-0.25, -0.2) is 0 Å². The van der Waals surface area contributed by atoms with Crippen LogP contribution in [0.2, 0.25) is 0 Å². The molecule has 1 rings (SSSR count). The summed E-state index contributed by atoms with van der Waals surface area (Å²) in [5.74, 6) is 1.30. The van der Waals surface area contributed by atoms with E-state index in [1.165, 1.54) is 6.92 Å². The van der Waals surface area contributed by atoms with E-state index in [2.05, 4.69) is 0 Å². The van der Waals surface area contributed by atoms with Crippen LogP contribution in [0.15, 0.2) is 12.1 Å². The molecule has 0 amide bonds. The fourth-order valence-corrected chi connectivity index (χ4v) is 1.36. The SMILES string of the molecule is Bc1cc(C(C)=O)cc(OC)c1OC. The number of Topliss-reactive ketones (excluding diaryl/α,β-unsaturated/α-hetero) is 1. The molecule has 0 bridgehead atoms. The minimum atomic E-state index is 0.0223. The summed E-state index contributed by atoms with van der Waals surface area (Å²) in [6.45, 7) is 1.53. The molecule has 3 nitrogen and oxygen atoms in total. The fraction of sp³-hybridized carbons (Fsp3) is 0.300. The molecule has 1 aromatic carbocycles. The third kappa shape index (κ3) is 1.89. The predicted molar refractivity (Wildman–Crippen MR) is 57.7 cm³/mol. The monoisotopic (exact) mass is 192 g/mol. The molecule has 0 radical (unpaired) electrons. The van der Waals surface area contributed by atoms with Gasteiger partial charge in [0, 0.05) is 5.56 Å². The number of rotatable bonds is 3. The molecule has 0 aliphatic heterocycles. The van der Waals surface area contributed by atoms with E-state index < -0.39 is 0 Å². The Balaban J connectivity index is 3.31. The van der Waals surface area contributed by atoms with Gasteiger partial charge in [-0.2, -0.15) is 0 Å². The van der Waals surface area contributed by atoms with Crippen molar-refractivity contribution in [2.75, 3.05) is 14.2 Å². The van der Waals surface area contributed by atoms with E-state index >= 15 is 0 Å². The van der Waals surface area contributed by atoms with Crippen molar-refractivity contribution in [2.24, 2.45) is 0 Å². The second kappa shape index (κ2) is 4.18. The summed E-state index contributed by atoms with van der Waals surface area (Å²) in [7, 11) is 5.02. The molecule has 0 aliphatic rings. The molecular weight excluding hydrogens is 179 g/mol. The van der Waals surface area contributed by atoms with Crippen molar-refractivity contribution in [3.8, 4) is 11.5 Å². The van der Waals surface area contributed by atoms with Gasteiger partial charge in [0.25, 0.3) is 0 Å². The number of benzene rings is 1. The van der Waals surface area contributed by atoms with Gasteiger partial charge < -0.3 is 9.47 Å². The number of hydrogen-bond acceptors (Lipinski definition) is 3. The molecule has 14 heavy (non-hydrogen) atoms. The van der Waals surface area contributed by atoms with Crippen LogP contribution < -0.4 is 14.9 Å². The maximum atomic E-state index is 11.2.